The molecule has 0 spiro atoms. The topological polar surface area (TPSA) is 47.0 Å². The first-order valence-electron chi connectivity index (χ1n) is 9.37. The van der Waals surface area contributed by atoms with Crippen LogP contribution in [0.25, 0.3) is 0 Å². The van der Waals surface area contributed by atoms with Gasteiger partial charge in [-0.2, -0.15) is 0 Å². The Labute approximate surface area is 183 Å². The summed E-state index contributed by atoms with van der Waals surface area (Å²) in [7, 11) is 0. The molecule has 5 nitrogen and oxygen atoms in total. The van der Waals surface area contributed by atoms with Crippen molar-refractivity contribution in [1.29, 1.82) is 0 Å². The number of aliphatic hydroxyl groups is 1. The lowest BCUT2D eigenvalue weighted by Crippen LogP contribution is -2.50. The van der Waals surface area contributed by atoms with Crippen LogP contribution in [-0.2, 0) is 4.79 Å². The number of piperazine rings is 1. The maximum absolute atomic E-state index is 11.5. The van der Waals surface area contributed by atoms with E-state index >= 15 is 0 Å². The minimum atomic E-state index is -0.504. The van der Waals surface area contributed by atoms with Gasteiger partial charge in [0.25, 0.3) is 0 Å². The molecule has 1 heterocycles. The van der Waals surface area contributed by atoms with E-state index in [1.54, 1.807) is 6.92 Å². The van der Waals surface area contributed by atoms with Crippen LogP contribution in [0.3, 0.4) is 0 Å². The summed E-state index contributed by atoms with van der Waals surface area (Å²) in [4.78, 5) is 17.7. The second-order valence-corrected chi connectivity index (χ2v) is 8.86. The van der Waals surface area contributed by atoms with E-state index in [1.165, 1.54) is 0 Å². The molecule has 1 N–H and O–H groups in total. The number of hydrogen-bond donors (Lipinski definition) is 1. The van der Waals surface area contributed by atoms with Gasteiger partial charge >= 0.3 is 0 Å². The molecule has 0 aromatic heterocycles. The standard InChI is InChI=1S/C21H25Br2N3O2/c1-16(27)25-12-10-24(11-13-25)14-21(28)15-26(19-6-2-17(22)3-7-19)20-8-4-18(23)5-9-20/h2-9,21,28H,10-15H2,1H3. The second-order valence-electron chi connectivity index (χ2n) is 7.02. The second kappa shape index (κ2) is 9.87. The van der Waals surface area contributed by atoms with Gasteiger partial charge in [0.2, 0.25) is 5.91 Å². The molecule has 2 aromatic rings. The van der Waals surface area contributed by atoms with Crippen molar-refractivity contribution >= 4 is 49.1 Å². The molecule has 1 fully saturated rings. The number of halogens is 2. The number of amides is 1. The summed E-state index contributed by atoms with van der Waals surface area (Å²) in [5.74, 6) is 0.122. The van der Waals surface area contributed by atoms with Crippen LogP contribution in [0.5, 0.6) is 0 Å². The van der Waals surface area contributed by atoms with Gasteiger partial charge in [-0.1, -0.05) is 31.9 Å². The molecule has 1 amide bonds. The summed E-state index contributed by atoms with van der Waals surface area (Å²) in [5.41, 5.74) is 2.07. The molecular formula is C21H25Br2N3O2. The summed E-state index contributed by atoms with van der Waals surface area (Å²) < 4.78 is 2.05. The number of carbonyl (C=O) groups is 1. The van der Waals surface area contributed by atoms with Crippen LogP contribution in [0, 0.1) is 0 Å². The van der Waals surface area contributed by atoms with Gasteiger partial charge in [-0.15, -0.1) is 0 Å². The fraction of sp³-hybridized carbons (Fsp3) is 0.381. The van der Waals surface area contributed by atoms with Crippen LogP contribution in [0.2, 0.25) is 0 Å². The zero-order valence-corrected chi connectivity index (χ0v) is 19.1. The highest BCUT2D eigenvalue weighted by Gasteiger charge is 2.22. The largest absolute Gasteiger partial charge is 0.390 e. The van der Waals surface area contributed by atoms with Gasteiger partial charge in [0, 0.05) is 60.0 Å². The first-order chi connectivity index (χ1) is 13.4. The quantitative estimate of drug-likeness (QED) is 0.640. The number of aliphatic hydroxyl groups excluding tert-OH is 1. The third-order valence-electron chi connectivity index (χ3n) is 4.96. The average molecular weight is 511 g/mol. The highest BCUT2D eigenvalue weighted by molar-refractivity contribution is 9.10. The molecule has 0 aliphatic carbocycles. The van der Waals surface area contributed by atoms with E-state index in [9.17, 15) is 9.90 Å². The van der Waals surface area contributed by atoms with Crippen LogP contribution < -0.4 is 4.90 Å². The smallest absolute Gasteiger partial charge is 0.219 e. The van der Waals surface area contributed by atoms with E-state index in [0.717, 1.165) is 46.5 Å². The predicted octanol–water partition coefficient (Wildman–Crippen LogP) is 3.87. The number of benzene rings is 2. The molecule has 1 aliphatic rings. The van der Waals surface area contributed by atoms with Crippen LogP contribution in [0.15, 0.2) is 57.5 Å². The Bertz CT molecular complexity index is 730. The molecule has 150 valence electrons. The first-order valence-corrected chi connectivity index (χ1v) is 11.0. The molecule has 0 bridgehead atoms. The van der Waals surface area contributed by atoms with Crippen molar-refractivity contribution in [2.24, 2.45) is 0 Å². The minimum Gasteiger partial charge on any atom is -0.390 e. The van der Waals surface area contributed by atoms with Crippen molar-refractivity contribution in [2.75, 3.05) is 44.2 Å². The predicted molar refractivity (Wildman–Crippen MR) is 120 cm³/mol. The number of carbonyl (C=O) groups excluding carboxylic acids is 1. The lowest BCUT2D eigenvalue weighted by molar-refractivity contribution is -0.130. The monoisotopic (exact) mass is 509 g/mol. The number of β-amino-alcohol motifs (C(OH)–C–C–N with tert-alkyl or cyclic N) is 1. The van der Waals surface area contributed by atoms with E-state index in [0.29, 0.717) is 13.1 Å². The fourth-order valence-electron chi connectivity index (χ4n) is 3.41. The molecule has 1 saturated heterocycles. The summed E-state index contributed by atoms with van der Waals surface area (Å²) in [6.07, 6.45) is -0.504. The van der Waals surface area contributed by atoms with Crippen LogP contribution in [0.1, 0.15) is 6.92 Å². The van der Waals surface area contributed by atoms with Crippen LogP contribution in [0.4, 0.5) is 11.4 Å². The zero-order chi connectivity index (χ0) is 20.1. The van der Waals surface area contributed by atoms with Gasteiger partial charge in [0.05, 0.1) is 12.6 Å². The molecule has 1 unspecified atom stereocenters. The number of anilines is 2. The lowest BCUT2D eigenvalue weighted by Gasteiger charge is -2.36. The van der Waals surface area contributed by atoms with Crippen LogP contribution in [-0.4, -0.2) is 66.2 Å². The minimum absolute atomic E-state index is 0.122. The summed E-state index contributed by atoms with van der Waals surface area (Å²) >= 11 is 6.97. The summed E-state index contributed by atoms with van der Waals surface area (Å²) in [6, 6.07) is 16.2. The van der Waals surface area contributed by atoms with E-state index in [2.05, 4.69) is 41.7 Å². The average Bonchev–Trinajstić information content (AvgIpc) is 2.68. The van der Waals surface area contributed by atoms with Crippen molar-refractivity contribution in [1.82, 2.24) is 9.80 Å². The Morgan fingerprint density at radius 1 is 0.964 bits per heavy atom. The molecule has 1 aliphatic heterocycles. The molecule has 3 rings (SSSR count). The van der Waals surface area contributed by atoms with E-state index in [-0.39, 0.29) is 5.91 Å². The van der Waals surface area contributed by atoms with Crippen molar-refractivity contribution in [3.63, 3.8) is 0 Å². The molecule has 28 heavy (non-hydrogen) atoms. The van der Waals surface area contributed by atoms with Gasteiger partial charge in [-0.3, -0.25) is 9.69 Å². The fourth-order valence-corrected chi connectivity index (χ4v) is 3.94. The normalized spacial score (nSPS) is 16.1. The Morgan fingerprint density at radius 3 is 1.86 bits per heavy atom. The number of hydrogen-bond acceptors (Lipinski definition) is 4. The van der Waals surface area contributed by atoms with Gasteiger partial charge in [-0.25, -0.2) is 0 Å². The van der Waals surface area contributed by atoms with Crippen molar-refractivity contribution < 1.29 is 9.90 Å². The first kappa shape index (κ1) is 21.3. The van der Waals surface area contributed by atoms with Gasteiger partial charge in [0.15, 0.2) is 0 Å². The highest BCUT2D eigenvalue weighted by atomic mass is 79.9. The van der Waals surface area contributed by atoms with E-state index < -0.39 is 6.10 Å². The van der Waals surface area contributed by atoms with Crippen LogP contribution >= 0.6 is 31.9 Å². The zero-order valence-electron chi connectivity index (χ0n) is 15.9. The Kier molecular flexibility index (Phi) is 7.51. The van der Waals surface area contributed by atoms with Gasteiger partial charge < -0.3 is 14.9 Å². The third kappa shape index (κ3) is 5.80. The molecule has 1 atom stereocenters. The van der Waals surface area contributed by atoms with E-state index in [1.807, 2.05) is 53.4 Å². The third-order valence-corrected chi connectivity index (χ3v) is 6.01. The van der Waals surface area contributed by atoms with E-state index in [4.69, 9.17) is 0 Å². The Morgan fingerprint density at radius 2 is 1.43 bits per heavy atom. The SMILES string of the molecule is CC(=O)N1CCN(CC(O)CN(c2ccc(Br)cc2)c2ccc(Br)cc2)CC1. The van der Waals surface area contributed by atoms with Gasteiger partial charge in [0.1, 0.15) is 0 Å². The molecule has 0 radical (unpaired) electrons. The maximum atomic E-state index is 11.5. The Hall–Kier alpha value is -1.41. The summed E-state index contributed by atoms with van der Waals surface area (Å²) in [6.45, 7) is 5.75. The molecular weight excluding hydrogens is 486 g/mol. The number of rotatable bonds is 6. The number of nitrogens with zero attached hydrogens (tertiary/aromatic N) is 3. The van der Waals surface area contributed by atoms with Gasteiger partial charge in [-0.05, 0) is 48.5 Å². The molecule has 7 heteroatoms. The highest BCUT2D eigenvalue weighted by Crippen LogP contribution is 2.28. The summed E-state index contributed by atoms with van der Waals surface area (Å²) in [5, 5.41) is 10.8. The molecule has 0 saturated carbocycles. The molecule has 2 aromatic carbocycles. The Balaban J connectivity index is 1.68. The van der Waals surface area contributed by atoms with Crippen molar-refractivity contribution in [3.8, 4) is 0 Å². The lowest BCUT2D eigenvalue weighted by atomic mass is 10.2. The maximum Gasteiger partial charge on any atom is 0.219 e. The van der Waals surface area contributed by atoms with Crippen molar-refractivity contribution in [3.05, 3.63) is 57.5 Å². The van der Waals surface area contributed by atoms with Crippen molar-refractivity contribution in [2.45, 2.75) is 13.0 Å².